The minimum absolute atomic E-state index is 0.0460. The summed E-state index contributed by atoms with van der Waals surface area (Å²) in [7, 11) is 3.65. The lowest BCUT2D eigenvalue weighted by molar-refractivity contribution is -0.384. The first-order valence-corrected chi connectivity index (χ1v) is 9.25. The van der Waals surface area contributed by atoms with E-state index in [1.807, 2.05) is 13.1 Å². The van der Waals surface area contributed by atoms with Gasteiger partial charge in [-0.3, -0.25) is 15.0 Å². The maximum atomic E-state index is 10.9. The van der Waals surface area contributed by atoms with E-state index < -0.39 is 4.92 Å². The minimum Gasteiger partial charge on any atom is -0.492 e. The van der Waals surface area contributed by atoms with Gasteiger partial charge in [0.2, 0.25) is 12.5 Å². The van der Waals surface area contributed by atoms with Crippen LogP contribution in [-0.2, 0) is 6.42 Å². The topological polar surface area (TPSA) is 86.1 Å². The molecule has 0 radical (unpaired) electrons. The first-order valence-electron chi connectivity index (χ1n) is 9.25. The number of likely N-dealkylation sites (N-methyl/N-ethyl adjacent to an activating group) is 1. The van der Waals surface area contributed by atoms with Crippen LogP contribution in [0.15, 0.2) is 30.3 Å². The van der Waals surface area contributed by atoms with Crippen molar-refractivity contribution in [1.29, 1.82) is 0 Å². The van der Waals surface area contributed by atoms with Gasteiger partial charge in [0, 0.05) is 29.9 Å². The first kappa shape index (κ1) is 18.9. The second kappa shape index (κ2) is 7.89. The predicted octanol–water partition coefficient (Wildman–Crippen LogP) is 2.98. The normalized spacial score (nSPS) is 17.1. The molecule has 0 spiro atoms. The van der Waals surface area contributed by atoms with Crippen molar-refractivity contribution in [1.82, 2.24) is 4.90 Å². The number of hydrogen-bond acceptors (Lipinski definition) is 7. The van der Waals surface area contributed by atoms with Gasteiger partial charge in [0.25, 0.3) is 5.69 Å². The standard InChI is InChI=1S/C21H21N3O5/c1-23-10-8-14-11-18-20(29-13-28-18)21(27-2)19(14)17(23)7-4-9-22-15-5-3-6-16(12-15)24(25)26/h3,5-6,11-12,17,22H,8-10,13H2,1-2H3/t17-/m1/s1. The first-order chi connectivity index (χ1) is 14.1. The van der Waals surface area contributed by atoms with Crippen molar-refractivity contribution in [3.8, 4) is 29.1 Å². The highest BCUT2D eigenvalue weighted by Crippen LogP contribution is 2.49. The largest absolute Gasteiger partial charge is 0.492 e. The molecule has 0 saturated heterocycles. The molecule has 0 saturated carbocycles. The van der Waals surface area contributed by atoms with Gasteiger partial charge in [-0.1, -0.05) is 17.9 Å². The molecule has 4 rings (SSSR count). The molecule has 2 aromatic rings. The summed E-state index contributed by atoms with van der Waals surface area (Å²) in [6.07, 6.45) is 0.878. The number of ether oxygens (including phenoxy) is 3. The van der Waals surface area contributed by atoms with Gasteiger partial charge in [0.05, 0.1) is 18.6 Å². The van der Waals surface area contributed by atoms with E-state index in [0.29, 0.717) is 29.5 Å². The molecule has 0 unspecified atom stereocenters. The Hall–Kier alpha value is -3.44. The predicted molar refractivity (Wildman–Crippen MR) is 108 cm³/mol. The van der Waals surface area contributed by atoms with E-state index in [4.69, 9.17) is 14.2 Å². The third-order valence-corrected chi connectivity index (χ3v) is 5.07. The lowest BCUT2D eigenvalue weighted by atomic mass is 9.91. The summed E-state index contributed by atoms with van der Waals surface area (Å²) in [5.41, 5.74) is 2.86. The zero-order valence-electron chi connectivity index (χ0n) is 16.2. The van der Waals surface area contributed by atoms with E-state index in [9.17, 15) is 10.1 Å². The Balaban J connectivity index is 1.56. The summed E-state index contributed by atoms with van der Waals surface area (Å²) in [6.45, 7) is 1.43. The molecule has 1 N–H and O–H groups in total. The van der Waals surface area contributed by atoms with Gasteiger partial charge in [0.15, 0.2) is 11.5 Å². The maximum Gasteiger partial charge on any atom is 0.271 e. The van der Waals surface area contributed by atoms with Crippen LogP contribution in [0.5, 0.6) is 17.2 Å². The van der Waals surface area contributed by atoms with E-state index in [0.717, 1.165) is 24.1 Å². The molecule has 8 heteroatoms. The average molecular weight is 395 g/mol. The Morgan fingerprint density at radius 1 is 1.38 bits per heavy atom. The number of fused-ring (bicyclic) bond motifs is 2. The van der Waals surface area contributed by atoms with Gasteiger partial charge in [-0.15, -0.1) is 0 Å². The van der Waals surface area contributed by atoms with Gasteiger partial charge in [-0.25, -0.2) is 0 Å². The monoisotopic (exact) mass is 395 g/mol. The summed E-state index contributed by atoms with van der Waals surface area (Å²) in [6, 6.07) is 8.25. The molecule has 0 fully saturated rings. The third kappa shape index (κ3) is 3.65. The Morgan fingerprint density at radius 3 is 3.03 bits per heavy atom. The lowest BCUT2D eigenvalue weighted by Crippen LogP contribution is -2.31. The maximum absolute atomic E-state index is 10.9. The Labute approximate surface area is 168 Å². The molecule has 0 bridgehead atoms. The van der Waals surface area contributed by atoms with Gasteiger partial charge >= 0.3 is 0 Å². The number of nitro groups is 1. The number of methoxy groups -OCH3 is 1. The smallest absolute Gasteiger partial charge is 0.271 e. The molecule has 2 aliphatic rings. The molecule has 8 nitrogen and oxygen atoms in total. The molecule has 29 heavy (non-hydrogen) atoms. The van der Waals surface area contributed by atoms with E-state index in [1.165, 1.54) is 12.1 Å². The van der Waals surface area contributed by atoms with Crippen molar-refractivity contribution >= 4 is 11.4 Å². The lowest BCUT2D eigenvalue weighted by Gasteiger charge is -2.32. The van der Waals surface area contributed by atoms with Crippen molar-refractivity contribution in [3.63, 3.8) is 0 Å². The zero-order valence-corrected chi connectivity index (χ0v) is 16.2. The Kier molecular flexibility index (Phi) is 5.14. The van der Waals surface area contributed by atoms with Gasteiger partial charge in [-0.2, -0.15) is 0 Å². The molecule has 2 aliphatic heterocycles. The number of benzene rings is 2. The van der Waals surface area contributed by atoms with Crippen molar-refractivity contribution in [3.05, 3.63) is 51.6 Å². The summed E-state index contributed by atoms with van der Waals surface area (Å²) in [4.78, 5) is 12.7. The molecular weight excluding hydrogens is 374 g/mol. The highest BCUT2D eigenvalue weighted by molar-refractivity contribution is 5.63. The second-order valence-corrected chi connectivity index (χ2v) is 6.83. The molecule has 2 aromatic carbocycles. The van der Waals surface area contributed by atoms with E-state index >= 15 is 0 Å². The number of non-ortho nitro benzene ring substituents is 1. The second-order valence-electron chi connectivity index (χ2n) is 6.83. The average Bonchev–Trinajstić information content (AvgIpc) is 3.19. The van der Waals surface area contributed by atoms with E-state index in [2.05, 4.69) is 22.1 Å². The zero-order chi connectivity index (χ0) is 20.4. The van der Waals surface area contributed by atoms with Gasteiger partial charge in [0.1, 0.15) is 6.04 Å². The molecule has 2 heterocycles. The molecule has 0 aliphatic carbocycles. The van der Waals surface area contributed by atoms with Crippen LogP contribution in [0, 0.1) is 22.0 Å². The minimum atomic E-state index is -0.415. The summed E-state index contributed by atoms with van der Waals surface area (Å²) < 4.78 is 16.8. The number of nitro benzene ring substituents is 1. The number of hydrogen-bond donors (Lipinski definition) is 1. The van der Waals surface area contributed by atoms with Crippen LogP contribution in [0.1, 0.15) is 17.2 Å². The number of rotatable bonds is 4. The van der Waals surface area contributed by atoms with Crippen molar-refractivity contribution in [2.75, 3.05) is 39.4 Å². The van der Waals surface area contributed by atoms with Gasteiger partial charge < -0.3 is 19.5 Å². The van der Waals surface area contributed by atoms with Crippen LogP contribution in [-0.4, -0.2) is 43.9 Å². The van der Waals surface area contributed by atoms with Crippen molar-refractivity contribution < 1.29 is 19.1 Å². The SMILES string of the molecule is COc1c2c(cc3c1[C@@H](C#CCNc1cccc([N+](=O)[O-])c1)N(C)CC3)OCO2. The van der Waals surface area contributed by atoms with Crippen molar-refractivity contribution in [2.45, 2.75) is 12.5 Å². The molecule has 150 valence electrons. The van der Waals surface area contributed by atoms with Crippen LogP contribution in [0.3, 0.4) is 0 Å². The van der Waals surface area contributed by atoms with E-state index in [-0.39, 0.29) is 18.5 Å². The quantitative estimate of drug-likeness (QED) is 0.484. The van der Waals surface area contributed by atoms with Crippen LogP contribution in [0.25, 0.3) is 0 Å². The fourth-order valence-electron chi connectivity index (χ4n) is 3.64. The number of nitrogens with zero attached hydrogens (tertiary/aromatic N) is 2. The molecular formula is C21H21N3O5. The summed E-state index contributed by atoms with van der Waals surface area (Å²) in [5, 5.41) is 14.0. The number of anilines is 1. The van der Waals surface area contributed by atoms with Crippen molar-refractivity contribution in [2.24, 2.45) is 0 Å². The fourth-order valence-corrected chi connectivity index (χ4v) is 3.64. The van der Waals surface area contributed by atoms with E-state index in [1.54, 1.807) is 19.2 Å². The number of nitrogens with one attached hydrogen (secondary N) is 1. The van der Waals surface area contributed by atoms with Crippen LogP contribution < -0.4 is 19.5 Å². The highest BCUT2D eigenvalue weighted by Gasteiger charge is 2.33. The molecule has 1 atom stereocenters. The van der Waals surface area contributed by atoms with Crippen LogP contribution in [0.4, 0.5) is 11.4 Å². The third-order valence-electron chi connectivity index (χ3n) is 5.07. The highest BCUT2D eigenvalue weighted by atomic mass is 16.7. The van der Waals surface area contributed by atoms with Crippen LogP contribution >= 0.6 is 0 Å². The summed E-state index contributed by atoms with van der Waals surface area (Å²) in [5.74, 6) is 8.46. The fraction of sp³-hybridized carbons (Fsp3) is 0.333. The Morgan fingerprint density at radius 2 is 2.24 bits per heavy atom. The Bertz CT molecular complexity index is 1010. The molecule has 0 amide bonds. The summed E-state index contributed by atoms with van der Waals surface area (Å²) >= 11 is 0. The van der Waals surface area contributed by atoms with Gasteiger partial charge in [-0.05, 0) is 31.2 Å². The molecule has 0 aromatic heterocycles. The van der Waals surface area contributed by atoms with Crippen LogP contribution in [0.2, 0.25) is 0 Å².